The van der Waals surface area contributed by atoms with Gasteiger partial charge in [0.05, 0.1) is 0 Å². The van der Waals surface area contributed by atoms with Gasteiger partial charge in [0.25, 0.3) is 0 Å². The molecule has 0 heterocycles. The van der Waals surface area contributed by atoms with Crippen LogP contribution < -0.4 is 0 Å². The van der Waals surface area contributed by atoms with Crippen molar-refractivity contribution < 1.29 is 0 Å². The van der Waals surface area contributed by atoms with Gasteiger partial charge in [0.1, 0.15) is 8.07 Å². The van der Waals surface area contributed by atoms with E-state index in [9.17, 15) is 0 Å². The minimum absolute atomic E-state index is 1.14. The van der Waals surface area contributed by atoms with Crippen molar-refractivity contribution in [3.63, 3.8) is 0 Å². The van der Waals surface area contributed by atoms with Crippen LogP contribution in [0.25, 0.3) is 6.08 Å². The molecule has 0 radical (unpaired) electrons. The lowest BCUT2D eigenvalue weighted by Gasteiger charge is -2.03. The Morgan fingerprint density at radius 2 is 1.73 bits per heavy atom. The van der Waals surface area contributed by atoms with Crippen LogP contribution in [0.1, 0.15) is 12.5 Å². The second kappa shape index (κ2) is 5.00. The third-order valence-electron chi connectivity index (χ3n) is 1.82. The maximum Gasteiger partial charge on any atom is 0.129 e. The van der Waals surface area contributed by atoms with E-state index in [1.165, 1.54) is 5.56 Å². The minimum atomic E-state index is -1.24. The van der Waals surface area contributed by atoms with Crippen molar-refractivity contribution >= 4 is 14.1 Å². The van der Waals surface area contributed by atoms with Crippen molar-refractivity contribution in [2.24, 2.45) is 0 Å². The van der Waals surface area contributed by atoms with E-state index in [1.54, 1.807) is 0 Å². The van der Waals surface area contributed by atoms with Crippen LogP contribution in [-0.4, -0.2) is 8.07 Å². The number of hydrogen-bond donors (Lipinski definition) is 0. The van der Waals surface area contributed by atoms with Crippen LogP contribution in [0.3, 0.4) is 0 Å². The van der Waals surface area contributed by atoms with E-state index in [0.29, 0.717) is 0 Å². The molecule has 78 valence electrons. The number of hydrogen-bond acceptors (Lipinski definition) is 0. The quantitative estimate of drug-likeness (QED) is 0.490. The maximum absolute atomic E-state index is 3.36. The lowest BCUT2D eigenvalue weighted by atomic mass is 10.1. The fourth-order valence-electron chi connectivity index (χ4n) is 1.12. The molecule has 0 aliphatic heterocycles. The van der Waals surface area contributed by atoms with Crippen molar-refractivity contribution in [3.05, 3.63) is 41.5 Å². The van der Waals surface area contributed by atoms with Gasteiger partial charge in [0, 0.05) is 0 Å². The van der Waals surface area contributed by atoms with Gasteiger partial charge < -0.3 is 0 Å². The summed E-state index contributed by atoms with van der Waals surface area (Å²) in [5.74, 6) is 3.24. The summed E-state index contributed by atoms with van der Waals surface area (Å²) in [5.41, 5.74) is 5.73. The summed E-state index contributed by atoms with van der Waals surface area (Å²) in [6.45, 7) is 8.85. The fourth-order valence-corrected chi connectivity index (χ4v) is 1.69. The summed E-state index contributed by atoms with van der Waals surface area (Å²) in [6.07, 6.45) is 2.13. The normalized spacial score (nSPS) is 11.9. The highest BCUT2D eigenvalue weighted by atomic mass is 28.3. The molecule has 15 heavy (non-hydrogen) atoms. The van der Waals surface area contributed by atoms with Crippen LogP contribution >= 0.6 is 0 Å². The highest BCUT2D eigenvalue weighted by Gasteiger charge is 2.07. The third kappa shape index (κ3) is 5.24. The van der Waals surface area contributed by atoms with Gasteiger partial charge in [-0.25, -0.2) is 0 Å². The first-order chi connectivity index (χ1) is 6.97. The van der Waals surface area contributed by atoms with E-state index in [4.69, 9.17) is 0 Å². The zero-order valence-corrected chi connectivity index (χ0v) is 11.0. The molecule has 0 N–H and O–H groups in total. The summed E-state index contributed by atoms with van der Waals surface area (Å²) in [7, 11) is -1.24. The highest BCUT2D eigenvalue weighted by Crippen LogP contribution is 2.05. The van der Waals surface area contributed by atoms with Gasteiger partial charge in [0.2, 0.25) is 0 Å². The van der Waals surface area contributed by atoms with Gasteiger partial charge in [-0.3, -0.25) is 0 Å². The molecule has 1 aromatic rings. The topological polar surface area (TPSA) is 0 Å². The van der Waals surface area contributed by atoms with Crippen LogP contribution in [0.15, 0.2) is 35.9 Å². The predicted molar refractivity (Wildman–Crippen MR) is 71.2 cm³/mol. The molecule has 0 atom stereocenters. The number of allylic oxidation sites excluding steroid dienone is 1. The summed E-state index contributed by atoms with van der Waals surface area (Å²) < 4.78 is 0. The molecule has 0 fully saturated rings. The summed E-state index contributed by atoms with van der Waals surface area (Å²) in [5, 5.41) is 0. The average Bonchev–Trinajstić information content (AvgIpc) is 2.15. The van der Waals surface area contributed by atoms with Gasteiger partial charge in [0.15, 0.2) is 0 Å². The minimum Gasteiger partial charge on any atom is -0.127 e. The van der Waals surface area contributed by atoms with E-state index < -0.39 is 8.07 Å². The van der Waals surface area contributed by atoms with Gasteiger partial charge >= 0.3 is 0 Å². The molecule has 0 aliphatic rings. The van der Waals surface area contributed by atoms with E-state index in [1.807, 2.05) is 18.2 Å². The Kier molecular flexibility index (Phi) is 3.93. The molecule has 0 unspecified atom stereocenters. The molecule has 0 aromatic heterocycles. The SMILES string of the molecule is C/C(C#C[Si](C)(C)C)=C\c1ccccc1. The summed E-state index contributed by atoms with van der Waals surface area (Å²) in [6, 6.07) is 10.3. The molecular formula is C14H18Si. The van der Waals surface area contributed by atoms with E-state index >= 15 is 0 Å². The van der Waals surface area contributed by atoms with Crippen LogP contribution in [-0.2, 0) is 0 Å². The standard InChI is InChI=1S/C14H18Si/c1-13(10-11-15(2,3)4)12-14-8-6-5-7-9-14/h5-9,12H,1-4H3/b13-12+. The summed E-state index contributed by atoms with van der Waals surface area (Å²) in [4.78, 5) is 0. The van der Waals surface area contributed by atoms with Crippen LogP contribution in [0.5, 0.6) is 0 Å². The van der Waals surface area contributed by atoms with Crippen molar-refractivity contribution in [1.29, 1.82) is 0 Å². The maximum atomic E-state index is 3.36. The van der Waals surface area contributed by atoms with E-state index in [-0.39, 0.29) is 0 Å². The van der Waals surface area contributed by atoms with Gasteiger partial charge in [-0.05, 0) is 24.1 Å². The van der Waals surface area contributed by atoms with E-state index in [0.717, 1.165) is 5.57 Å². The van der Waals surface area contributed by atoms with Crippen molar-refractivity contribution in [2.45, 2.75) is 26.6 Å². The van der Waals surface area contributed by atoms with E-state index in [2.05, 4.69) is 56.2 Å². The largest absolute Gasteiger partial charge is 0.129 e. The fraction of sp³-hybridized carbons (Fsp3) is 0.286. The molecule has 1 aromatic carbocycles. The predicted octanol–water partition coefficient (Wildman–Crippen LogP) is 3.97. The third-order valence-corrected chi connectivity index (χ3v) is 2.69. The zero-order valence-electron chi connectivity index (χ0n) is 9.96. The lowest BCUT2D eigenvalue weighted by Crippen LogP contribution is -2.16. The second-order valence-electron chi connectivity index (χ2n) is 4.74. The van der Waals surface area contributed by atoms with Crippen molar-refractivity contribution in [2.75, 3.05) is 0 Å². The molecule has 1 rings (SSSR count). The monoisotopic (exact) mass is 214 g/mol. The number of rotatable bonds is 1. The zero-order chi connectivity index (χ0) is 11.3. The Morgan fingerprint density at radius 1 is 1.13 bits per heavy atom. The first-order valence-electron chi connectivity index (χ1n) is 5.24. The number of benzene rings is 1. The van der Waals surface area contributed by atoms with Crippen molar-refractivity contribution in [1.82, 2.24) is 0 Å². The van der Waals surface area contributed by atoms with Crippen LogP contribution in [0.2, 0.25) is 19.6 Å². The molecule has 0 saturated heterocycles. The molecule has 0 spiro atoms. The van der Waals surface area contributed by atoms with Gasteiger partial charge in [-0.1, -0.05) is 55.9 Å². The van der Waals surface area contributed by atoms with Crippen LogP contribution in [0, 0.1) is 11.5 Å². The lowest BCUT2D eigenvalue weighted by molar-refractivity contribution is 1.58. The average molecular weight is 214 g/mol. The Morgan fingerprint density at radius 3 is 2.27 bits per heavy atom. The first kappa shape index (κ1) is 11.8. The van der Waals surface area contributed by atoms with Gasteiger partial charge in [-0.2, -0.15) is 0 Å². The molecule has 0 saturated carbocycles. The molecule has 0 aliphatic carbocycles. The Hall–Kier alpha value is -1.26. The smallest absolute Gasteiger partial charge is 0.127 e. The molecule has 0 bridgehead atoms. The van der Waals surface area contributed by atoms with Gasteiger partial charge in [-0.15, -0.1) is 5.54 Å². The Balaban J connectivity index is 2.81. The first-order valence-corrected chi connectivity index (χ1v) is 8.74. The molecule has 0 nitrogen and oxygen atoms in total. The molecule has 0 amide bonds. The molecular weight excluding hydrogens is 196 g/mol. The highest BCUT2D eigenvalue weighted by molar-refractivity contribution is 6.83. The Labute approximate surface area is 94.0 Å². The molecule has 1 heteroatoms. The van der Waals surface area contributed by atoms with Crippen LogP contribution in [0.4, 0.5) is 0 Å². The Bertz CT molecular complexity index is 396. The van der Waals surface area contributed by atoms with Crippen molar-refractivity contribution in [3.8, 4) is 11.5 Å². The second-order valence-corrected chi connectivity index (χ2v) is 9.49. The summed E-state index contributed by atoms with van der Waals surface area (Å²) >= 11 is 0.